The third-order valence-electron chi connectivity index (χ3n) is 2.83. The Morgan fingerprint density at radius 2 is 1.50 bits per heavy atom. The molecular formula is C16H25N3O7. The molecule has 26 heavy (non-hydrogen) atoms. The zero-order chi connectivity index (χ0) is 20.1. The van der Waals surface area contributed by atoms with Gasteiger partial charge < -0.3 is 25.4 Å². The minimum Gasteiger partial charge on any atom is -0.466 e. The maximum Gasteiger partial charge on any atom is 0.329 e. The average Bonchev–Trinajstić information content (AvgIpc) is 2.57. The first kappa shape index (κ1) is 23.1. The van der Waals surface area contributed by atoms with E-state index in [-0.39, 0.29) is 31.8 Å². The molecule has 0 aromatic carbocycles. The van der Waals surface area contributed by atoms with Gasteiger partial charge in [0.2, 0.25) is 17.7 Å². The number of rotatable bonds is 11. The van der Waals surface area contributed by atoms with E-state index in [1.165, 1.54) is 6.92 Å². The first-order valence-corrected chi connectivity index (χ1v) is 8.03. The lowest BCUT2D eigenvalue weighted by Crippen LogP contribution is -2.48. The highest BCUT2D eigenvalue weighted by Gasteiger charge is 2.25. The second-order valence-electron chi connectivity index (χ2n) is 5.12. The average molecular weight is 371 g/mol. The Labute approximate surface area is 151 Å². The van der Waals surface area contributed by atoms with Crippen LogP contribution in [0.3, 0.4) is 0 Å². The van der Waals surface area contributed by atoms with Gasteiger partial charge in [0.15, 0.2) is 0 Å². The molecule has 0 rings (SSSR count). The van der Waals surface area contributed by atoms with Crippen LogP contribution in [0.1, 0.15) is 27.2 Å². The normalized spacial score (nSPS) is 10.9. The number of hydrogen-bond donors (Lipinski definition) is 3. The number of hydrogen-bond acceptors (Lipinski definition) is 7. The van der Waals surface area contributed by atoms with E-state index in [1.807, 2.05) is 0 Å². The molecule has 10 nitrogen and oxygen atoms in total. The summed E-state index contributed by atoms with van der Waals surface area (Å²) in [6.45, 7) is 7.53. The summed E-state index contributed by atoms with van der Waals surface area (Å²) in [5.74, 6) is -3.24. The zero-order valence-corrected chi connectivity index (χ0v) is 15.2. The highest BCUT2D eigenvalue weighted by atomic mass is 16.5. The molecule has 0 heterocycles. The standard InChI is InChI=1S/C16H25N3O7/c1-5-25-14(22)7-11(16(24)26-6-2)19-13(21)9-17-12(20)8-18-15(23)10(3)4/h11H,3,5-9H2,1-2,4H3,(H,17,20)(H,18,23)(H,19,21). The van der Waals surface area contributed by atoms with Crippen LogP contribution in [0.5, 0.6) is 0 Å². The lowest BCUT2D eigenvalue weighted by atomic mass is 10.2. The molecule has 0 bridgehead atoms. The van der Waals surface area contributed by atoms with Gasteiger partial charge in [0, 0.05) is 5.57 Å². The molecule has 10 heteroatoms. The van der Waals surface area contributed by atoms with Crippen molar-refractivity contribution in [1.82, 2.24) is 16.0 Å². The Morgan fingerprint density at radius 1 is 0.923 bits per heavy atom. The summed E-state index contributed by atoms with van der Waals surface area (Å²) in [7, 11) is 0. The Bertz CT molecular complexity index is 560. The molecule has 1 unspecified atom stereocenters. The first-order chi connectivity index (χ1) is 12.2. The summed E-state index contributed by atoms with van der Waals surface area (Å²) < 4.78 is 9.53. The van der Waals surface area contributed by atoms with Crippen molar-refractivity contribution < 1.29 is 33.4 Å². The van der Waals surface area contributed by atoms with E-state index in [9.17, 15) is 24.0 Å². The fourth-order valence-electron chi connectivity index (χ4n) is 1.62. The highest BCUT2D eigenvalue weighted by Crippen LogP contribution is 1.99. The number of esters is 2. The topological polar surface area (TPSA) is 140 Å². The minimum atomic E-state index is -1.22. The Morgan fingerprint density at radius 3 is 2.04 bits per heavy atom. The molecule has 3 N–H and O–H groups in total. The maximum absolute atomic E-state index is 11.9. The molecule has 1 atom stereocenters. The van der Waals surface area contributed by atoms with Crippen LogP contribution in [-0.4, -0.2) is 62.0 Å². The summed E-state index contributed by atoms with van der Waals surface area (Å²) >= 11 is 0. The molecular weight excluding hydrogens is 346 g/mol. The van der Waals surface area contributed by atoms with Gasteiger partial charge in [-0.05, 0) is 20.8 Å². The molecule has 0 fully saturated rings. The molecule has 0 saturated heterocycles. The molecule has 0 aromatic rings. The van der Waals surface area contributed by atoms with Crippen LogP contribution in [0, 0.1) is 0 Å². The van der Waals surface area contributed by atoms with Gasteiger partial charge in [-0.15, -0.1) is 0 Å². The highest BCUT2D eigenvalue weighted by molar-refractivity contribution is 5.95. The molecule has 0 aromatic heterocycles. The van der Waals surface area contributed by atoms with Crippen LogP contribution in [0.15, 0.2) is 12.2 Å². The molecule has 0 saturated carbocycles. The van der Waals surface area contributed by atoms with Crippen LogP contribution < -0.4 is 16.0 Å². The second-order valence-corrected chi connectivity index (χ2v) is 5.12. The van der Waals surface area contributed by atoms with Gasteiger partial charge in [0.05, 0.1) is 32.7 Å². The summed E-state index contributed by atoms with van der Waals surface area (Å²) in [6, 6.07) is -1.22. The SMILES string of the molecule is C=C(C)C(=O)NCC(=O)NCC(=O)NC(CC(=O)OCC)C(=O)OCC. The Balaban J connectivity index is 4.48. The van der Waals surface area contributed by atoms with Crippen molar-refractivity contribution in [2.24, 2.45) is 0 Å². The van der Waals surface area contributed by atoms with Crippen molar-refractivity contribution in [3.8, 4) is 0 Å². The van der Waals surface area contributed by atoms with Gasteiger partial charge in [-0.3, -0.25) is 19.2 Å². The van der Waals surface area contributed by atoms with Crippen LogP contribution in [0.25, 0.3) is 0 Å². The van der Waals surface area contributed by atoms with E-state index < -0.39 is 42.2 Å². The number of carbonyl (C=O) groups excluding carboxylic acids is 5. The molecule has 0 aliphatic carbocycles. The molecule has 0 aliphatic heterocycles. The summed E-state index contributed by atoms with van der Waals surface area (Å²) in [5, 5.41) is 6.87. The molecule has 146 valence electrons. The van der Waals surface area contributed by atoms with Gasteiger partial charge in [0.25, 0.3) is 0 Å². The first-order valence-electron chi connectivity index (χ1n) is 8.03. The lowest BCUT2D eigenvalue weighted by Gasteiger charge is -2.16. The van der Waals surface area contributed by atoms with Crippen molar-refractivity contribution in [2.45, 2.75) is 33.2 Å². The lowest BCUT2D eigenvalue weighted by molar-refractivity contribution is -0.153. The van der Waals surface area contributed by atoms with E-state index in [0.29, 0.717) is 0 Å². The van der Waals surface area contributed by atoms with Crippen molar-refractivity contribution in [3.05, 3.63) is 12.2 Å². The summed E-state index contributed by atoms with van der Waals surface area (Å²) in [6.07, 6.45) is -0.388. The van der Waals surface area contributed by atoms with Crippen molar-refractivity contribution >= 4 is 29.7 Å². The van der Waals surface area contributed by atoms with Crippen LogP contribution in [-0.2, 0) is 33.4 Å². The molecule has 0 radical (unpaired) electrons. The quantitative estimate of drug-likeness (QED) is 0.306. The van der Waals surface area contributed by atoms with Gasteiger partial charge in [-0.2, -0.15) is 0 Å². The van der Waals surface area contributed by atoms with Gasteiger partial charge in [-0.1, -0.05) is 6.58 Å². The predicted molar refractivity (Wildman–Crippen MR) is 90.6 cm³/mol. The van der Waals surface area contributed by atoms with E-state index in [2.05, 4.69) is 22.5 Å². The second kappa shape index (κ2) is 12.5. The van der Waals surface area contributed by atoms with E-state index in [0.717, 1.165) is 0 Å². The minimum absolute atomic E-state index is 0.0766. The summed E-state index contributed by atoms with van der Waals surface area (Å²) in [4.78, 5) is 58.0. The number of nitrogens with one attached hydrogen (secondary N) is 3. The molecule has 0 aliphatic rings. The van der Waals surface area contributed by atoms with Crippen LogP contribution in [0.2, 0.25) is 0 Å². The number of ether oxygens (including phenoxy) is 2. The fourth-order valence-corrected chi connectivity index (χ4v) is 1.62. The predicted octanol–water partition coefficient (Wildman–Crippen LogP) is -1.20. The van der Waals surface area contributed by atoms with Crippen molar-refractivity contribution in [1.29, 1.82) is 0 Å². The largest absolute Gasteiger partial charge is 0.466 e. The van der Waals surface area contributed by atoms with Gasteiger partial charge in [-0.25, -0.2) is 4.79 Å². The van der Waals surface area contributed by atoms with E-state index >= 15 is 0 Å². The number of amides is 3. The maximum atomic E-state index is 11.9. The van der Waals surface area contributed by atoms with E-state index in [1.54, 1.807) is 13.8 Å². The van der Waals surface area contributed by atoms with Crippen molar-refractivity contribution in [3.63, 3.8) is 0 Å². The smallest absolute Gasteiger partial charge is 0.329 e. The molecule has 0 spiro atoms. The number of carbonyl (C=O) groups is 5. The van der Waals surface area contributed by atoms with Crippen LogP contribution in [0.4, 0.5) is 0 Å². The Hall–Kier alpha value is -2.91. The van der Waals surface area contributed by atoms with E-state index in [4.69, 9.17) is 9.47 Å². The molecule has 3 amide bonds. The van der Waals surface area contributed by atoms with Crippen molar-refractivity contribution in [2.75, 3.05) is 26.3 Å². The van der Waals surface area contributed by atoms with Crippen LogP contribution >= 0.6 is 0 Å². The Kier molecular flexibility index (Phi) is 11.1. The summed E-state index contributed by atoms with van der Waals surface area (Å²) in [5.41, 5.74) is 0.242. The monoisotopic (exact) mass is 371 g/mol. The third-order valence-corrected chi connectivity index (χ3v) is 2.83. The zero-order valence-electron chi connectivity index (χ0n) is 15.2. The third kappa shape index (κ3) is 10.1. The van der Waals surface area contributed by atoms with Gasteiger partial charge >= 0.3 is 11.9 Å². The van der Waals surface area contributed by atoms with Gasteiger partial charge in [0.1, 0.15) is 6.04 Å². The fraction of sp³-hybridized carbons (Fsp3) is 0.562.